The maximum atomic E-state index is 2.12. The van der Waals surface area contributed by atoms with Crippen molar-refractivity contribution in [2.45, 2.75) is 48.0 Å². The first-order valence-electron chi connectivity index (χ1n) is 6.82. The lowest BCUT2D eigenvalue weighted by molar-refractivity contribution is 1.09. The van der Waals surface area contributed by atoms with E-state index in [2.05, 4.69) is 62.4 Å². The van der Waals surface area contributed by atoms with Gasteiger partial charge < -0.3 is 0 Å². The highest BCUT2D eigenvalue weighted by Crippen LogP contribution is 2.11. The topological polar surface area (TPSA) is 0 Å². The lowest BCUT2D eigenvalue weighted by Crippen LogP contribution is -1.67. The van der Waals surface area contributed by atoms with Crippen LogP contribution in [0.2, 0.25) is 0 Å². The predicted octanol–water partition coefficient (Wildman–Crippen LogP) is 6.31. The first-order valence-corrected chi connectivity index (χ1v) is 6.82. The Labute approximate surface area is 108 Å². The normalized spacial score (nSPS) is 7.65. The molecule has 0 saturated carbocycles. The van der Waals surface area contributed by atoms with E-state index in [1.807, 2.05) is 27.7 Å². The van der Waals surface area contributed by atoms with Gasteiger partial charge in [0.15, 0.2) is 0 Å². The molecule has 0 aliphatic rings. The first-order chi connectivity index (χ1) is 8.38. The van der Waals surface area contributed by atoms with E-state index in [1.54, 1.807) is 0 Å². The minimum atomic E-state index is 1.25. The molecule has 0 saturated heterocycles. The van der Waals surface area contributed by atoms with Crippen LogP contribution in [0.4, 0.5) is 0 Å². The minimum absolute atomic E-state index is 1.25. The molecule has 0 fully saturated rings. The second-order valence-electron chi connectivity index (χ2n) is 3.05. The summed E-state index contributed by atoms with van der Waals surface area (Å²) in [5.74, 6) is 0. The summed E-state index contributed by atoms with van der Waals surface area (Å²) in [6.45, 7) is 12.2. The molecule has 17 heavy (non-hydrogen) atoms. The molecule has 0 aromatic heterocycles. The molecular weight excluding hydrogens is 204 g/mol. The van der Waals surface area contributed by atoms with Crippen LogP contribution in [-0.4, -0.2) is 0 Å². The average Bonchev–Trinajstić information content (AvgIpc) is 2.44. The molecule has 2 aromatic rings. The van der Waals surface area contributed by atoms with Crippen LogP contribution in [0, 0.1) is 0 Å². The molecule has 0 aliphatic heterocycles. The number of hydrogen-bond donors (Lipinski definition) is 0. The Morgan fingerprint density at radius 3 is 0.941 bits per heavy atom. The van der Waals surface area contributed by atoms with Crippen LogP contribution < -0.4 is 0 Å². The van der Waals surface area contributed by atoms with E-state index in [1.165, 1.54) is 17.2 Å². The third kappa shape index (κ3) is 8.50. The standard InChI is InChI=1S/C10H8.C3H8.2C2H6/c1-2-6-10-8-4-3-7-9(10)5-1;1-3-2;2*1-2/h1-8H;3H2,1-2H3;2*1-2H3. The molecule has 0 N–H and O–H groups in total. The molecule has 0 aliphatic carbocycles. The van der Waals surface area contributed by atoms with Crippen molar-refractivity contribution in [3.63, 3.8) is 0 Å². The van der Waals surface area contributed by atoms with E-state index in [0.717, 1.165) is 0 Å². The van der Waals surface area contributed by atoms with Crippen LogP contribution in [0.5, 0.6) is 0 Å². The molecule has 0 nitrogen and oxygen atoms in total. The highest BCUT2D eigenvalue weighted by Gasteiger charge is 1.85. The van der Waals surface area contributed by atoms with Crippen molar-refractivity contribution in [1.29, 1.82) is 0 Å². The Balaban J connectivity index is 0. The van der Waals surface area contributed by atoms with Crippen molar-refractivity contribution in [2.75, 3.05) is 0 Å². The summed E-state index contributed by atoms with van der Waals surface area (Å²) in [5.41, 5.74) is 0. The zero-order valence-corrected chi connectivity index (χ0v) is 12.3. The Bertz CT molecular complexity index is 284. The quantitative estimate of drug-likeness (QED) is 0.499. The molecule has 0 heteroatoms. The fraction of sp³-hybridized carbons (Fsp3) is 0.412. The van der Waals surface area contributed by atoms with Crippen LogP contribution in [0.1, 0.15) is 48.0 Å². The minimum Gasteiger partial charge on any atom is -0.0683 e. The van der Waals surface area contributed by atoms with Crippen LogP contribution in [0.25, 0.3) is 10.8 Å². The Morgan fingerprint density at radius 1 is 0.588 bits per heavy atom. The molecule has 2 aromatic carbocycles. The van der Waals surface area contributed by atoms with Crippen molar-refractivity contribution >= 4 is 10.8 Å². The van der Waals surface area contributed by atoms with Gasteiger partial charge in [-0.05, 0) is 10.8 Å². The largest absolute Gasteiger partial charge is 0.0683 e. The van der Waals surface area contributed by atoms with Gasteiger partial charge in [-0.2, -0.15) is 0 Å². The first kappa shape index (κ1) is 18.1. The van der Waals surface area contributed by atoms with E-state index in [-0.39, 0.29) is 0 Å². The van der Waals surface area contributed by atoms with Gasteiger partial charge in [0.1, 0.15) is 0 Å². The van der Waals surface area contributed by atoms with E-state index in [0.29, 0.717) is 0 Å². The fourth-order valence-corrected chi connectivity index (χ4v) is 1.13. The van der Waals surface area contributed by atoms with Crippen LogP contribution in [0.3, 0.4) is 0 Å². The zero-order valence-electron chi connectivity index (χ0n) is 12.3. The van der Waals surface area contributed by atoms with Crippen LogP contribution in [-0.2, 0) is 0 Å². The lowest BCUT2D eigenvalue weighted by Gasteiger charge is -1.92. The van der Waals surface area contributed by atoms with Crippen molar-refractivity contribution in [2.24, 2.45) is 0 Å². The van der Waals surface area contributed by atoms with Crippen molar-refractivity contribution < 1.29 is 0 Å². The number of hydrogen-bond acceptors (Lipinski definition) is 0. The number of fused-ring (bicyclic) bond motifs is 1. The third-order valence-corrected chi connectivity index (χ3v) is 1.66. The molecule has 0 bridgehead atoms. The zero-order chi connectivity index (χ0) is 13.5. The van der Waals surface area contributed by atoms with Gasteiger partial charge in [0, 0.05) is 0 Å². The Kier molecular flexibility index (Phi) is 15.6. The summed E-state index contributed by atoms with van der Waals surface area (Å²) in [6.07, 6.45) is 1.25. The van der Waals surface area contributed by atoms with Gasteiger partial charge in [-0.25, -0.2) is 0 Å². The Hall–Kier alpha value is -1.30. The smallest absolute Gasteiger partial charge is 0.0184 e. The summed E-state index contributed by atoms with van der Waals surface area (Å²) >= 11 is 0. The van der Waals surface area contributed by atoms with Crippen molar-refractivity contribution in [3.8, 4) is 0 Å². The number of rotatable bonds is 0. The molecule has 0 radical (unpaired) electrons. The summed E-state index contributed by atoms with van der Waals surface area (Å²) < 4.78 is 0. The third-order valence-electron chi connectivity index (χ3n) is 1.66. The van der Waals surface area contributed by atoms with E-state index < -0.39 is 0 Å². The number of benzene rings is 2. The lowest BCUT2D eigenvalue weighted by atomic mass is 10.1. The van der Waals surface area contributed by atoms with Gasteiger partial charge >= 0.3 is 0 Å². The fourth-order valence-electron chi connectivity index (χ4n) is 1.13. The second-order valence-corrected chi connectivity index (χ2v) is 3.05. The summed E-state index contributed by atoms with van der Waals surface area (Å²) in [5, 5.41) is 2.62. The molecule has 96 valence electrons. The molecule has 0 amide bonds. The highest BCUT2D eigenvalue weighted by atomic mass is 13.9. The molecule has 0 atom stereocenters. The Morgan fingerprint density at radius 2 is 0.765 bits per heavy atom. The maximum Gasteiger partial charge on any atom is -0.0184 e. The van der Waals surface area contributed by atoms with E-state index in [4.69, 9.17) is 0 Å². The van der Waals surface area contributed by atoms with Gasteiger partial charge in [-0.15, -0.1) is 0 Å². The molecular formula is C17H28. The molecule has 2 rings (SSSR count). The average molecular weight is 232 g/mol. The van der Waals surface area contributed by atoms with Gasteiger partial charge in [0.25, 0.3) is 0 Å². The summed E-state index contributed by atoms with van der Waals surface area (Å²) in [6, 6.07) is 16.7. The highest BCUT2D eigenvalue weighted by molar-refractivity contribution is 5.81. The van der Waals surface area contributed by atoms with Crippen molar-refractivity contribution in [3.05, 3.63) is 48.5 Å². The molecule has 0 heterocycles. The van der Waals surface area contributed by atoms with Gasteiger partial charge in [-0.1, -0.05) is 96.5 Å². The van der Waals surface area contributed by atoms with E-state index in [9.17, 15) is 0 Å². The SMILES string of the molecule is CC.CC.CCC.c1ccc2ccccc2c1. The van der Waals surface area contributed by atoms with Gasteiger partial charge in [-0.3, -0.25) is 0 Å². The monoisotopic (exact) mass is 232 g/mol. The van der Waals surface area contributed by atoms with Crippen molar-refractivity contribution in [1.82, 2.24) is 0 Å². The van der Waals surface area contributed by atoms with Gasteiger partial charge in [0.2, 0.25) is 0 Å². The molecule has 0 unspecified atom stereocenters. The molecule has 0 spiro atoms. The van der Waals surface area contributed by atoms with Gasteiger partial charge in [0.05, 0.1) is 0 Å². The maximum absolute atomic E-state index is 2.12. The summed E-state index contributed by atoms with van der Waals surface area (Å²) in [7, 11) is 0. The van der Waals surface area contributed by atoms with Crippen LogP contribution >= 0.6 is 0 Å². The second kappa shape index (κ2) is 14.7. The van der Waals surface area contributed by atoms with Crippen LogP contribution in [0.15, 0.2) is 48.5 Å². The van der Waals surface area contributed by atoms with E-state index >= 15 is 0 Å². The predicted molar refractivity (Wildman–Crippen MR) is 82.6 cm³/mol. The summed E-state index contributed by atoms with van der Waals surface area (Å²) in [4.78, 5) is 0.